The van der Waals surface area contributed by atoms with Crippen LogP contribution in [-0.2, 0) is 25.1 Å². The zero-order chi connectivity index (χ0) is 26.8. The number of hydrogen-bond donors (Lipinski definition) is 2. The predicted octanol–water partition coefficient (Wildman–Crippen LogP) is 4.05. The smallest absolute Gasteiger partial charge is 0.417 e. The van der Waals surface area contributed by atoms with Gasteiger partial charge in [0.25, 0.3) is 5.56 Å². The summed E-state index contributed by atoms with van der Waals surface area (Å²) in [4.78, 5) is 41.6. The van der Waals surface area contributed by atoms with Crippen LogP contribution in [-0.4, -0.2) is 30.9 Å². The molecular weight excluding hydrogens is 528 g/mol. The lowest BCUT2D eigenvalue weighted by atomic mass is 10.2. The molecule has 2 N–H and O–H groups in total. The van der Waals surface area contributed by atoms with Gasteiger partial charge in [-0.1, -0.05) is 23.4 Å². The highest BCUT2D eigenvalue weighted by molar-refractivity contribution is 8.15. The molecule has 14 heteroatoms. The molecule has 0 radical (unpaired) electrons. The zero-order valence-corrected chi connectivity index (χ0v) is 20.1. The summed E-state index contributed by atoms with van der Waals surface area (Å²) in [5, 5.41) is 12.1. The lowest BCUT2D eigenvalue weighted by Gasteiger charge is -2.13. The van der Waals surface area contributed by atoms with Crippen molar-refractivity contribution in [3.05, 3.63) is 85.3 Å². The first kappa shape index (κ1) is 27.0. The van der Waals surface area contributed by atoms with Crippen LogP contribution in [0.1, 0.15) is 11.1 Å². The van der Waals surface area contributed by atoms with Gasteiger partial charge in [0.2, 0.25) is 11.8 Å². The minimum Gasteiger partial charge on any atom is -0.494 e. The molecule has 0 aliphatic rings. The van der Waals surface area contributed by atoms with Gasteiger partial charge in [-0.05, 0) is 42.5 Å². The van der Waals surface area contributed by atoms with Crippen molar-refractivity contribution in [2.75, 3.05) is 11.1 Å². The first-order valence-electron chi connectivity index (χ1n) is 9.92. The molecule has 0 aliphatic carbocycles. The van der Waals surface area contributed by atoms with Crippen molar-refractivity contribution in [3.63, 3.8) is 0 Å². The molecule has 2 aromatic carbocycles. The SMILES string of the molecule is Cn1c(O)c(C(=Nc2ccc(F)cc2)SCC(=O)Nc2ccc(Cl)c(C(F)(F)F)c2)c(=O)n(C)c1=O. The summed E-state index contributed by atoms with van der Waals surface area (Å²) >= 11 is 6.26. The Bertz CT molecular complexity index is 1470. The number of carbonyl (C=O) groups excluding carboxylic acids is 1. The van der Waals surface area contributed by atoms with Crippen LogP contribution < -0.4 is 16.6 Å². The summed E-state index contributed by atoms with van der Waals surface area (Å²) in [5.74, 6) is -2.48. The van der Waals surface area contributed by atoms with E-state index >= 15 is 0 Å². The highest BCUT2D eigenvalue weighted by atomic mass is 35.5. The average molecular weight is 545 g/mol. The molecule has 36 heavy (non-hydrogen) atoms. The minimum absolute atomic E-state index is 0.169. The van der Waals surface area contributed by atoms with Gasteiger partial charge in [-0.2, -0.15) is 13.2 Å². The Labute approximate surface area is 209 Å². The van der Waals surface area contributed by atoms with Crippen LogP contribution in [0.5, 0.6) is 5.88 Å². The number of amides is 1. The maximum absolute atomic E-state index is 13.3. The van der Waals surface area contributed by atoms with Gasteiger partial charge in [0.1, 0.15) is 16.4 Å². The summed E-state index contributed by atoms with van der Waals surface area (Å²) in [5.41, 5.74) is -3.25. The molecule has 0 bridgehead atoms. The van der Waals surface area contributed by atoms with E-state index < -0.39 is 56.9 Å². The third-order valence-electron chi connectivity index (χ3n) is 4.80. The van der Waals surface area contributed by atoms with Gasteiger partial charge >= 0.3 is 11.9 Å². The van der Waals surface area contributed by atoms with Crippen LogP contribution >= 0.6 is 23.4 Å². The normalized spacial score (nSPS) is 12.0. The first-order valence-corrected chi connectivity index (χ1v) is 11.3. The number of anilines is 1. The fourth-order valence-electron chi connectivity index (χ4n) is 2.97. The number of nitrogens with one attached hydrogen (secondary N) is 1. The van der Waals surface area contributed by atoms with Gasteiger partial charge in [0.15, 0.2) is 0 Å². The fraction of sp³-hybridized carbons (Fsp3) is 0.182. The van der Waals surface area contributed by atoms with Gasteiger partial charge < -0.3 is 10.4 Å². The number of hydrogen-bond acceptors (Lipinski definition) is 6. The Morgan fingerprint density at radius 3 is 2.36 bits per heavy atom. The monoisotopic (exact) mass is 544 g/mol. The zero-order valence-electron chi connectivity index (χ0n) is 18.6. The molecule has 1 aromatic heterocycles. The molecular formula is C22H17ClF4N4O4S. The second kappa shape index (κ2) is 10.6. The number of aromatic nitrogens is 2. The lowest BCUT2D eigenvalue weighted by Crippen LogP contribution is -2.39. The minimum atomic E-state index is -4.73. The number of alkyl halides is 3. The van der Waals surface area contributed by atoms with Crippen LogP contribution in [0, 0.1) is 5.82 Å². The van der Waals surface area contributed by atoms with Crippen molar-refractivity contribution in [2.24, 2.45) is 19.1 Å². The van der Waals surface area contributed by atoms with Crippen molar-refractivity contribution in [3.8, 4) is 5.88 Å². The molecule has 1 amide bonds. The molecule has 0 unspecified atom stereocenters. The Hall–Kier alpha value is -3.58. The van der Waals surface area contributed by atoms with Crippen LogP contribution in [0.15, 0.2) is 57.0 Å². The number of benzene rings is 2. The van der Waals surface area contributed by atoms with E-state index in [4.69, 9.17) is 11.6 Å². The average Bonchev–Trinajstić information content (AvgIpc) is 2.81. The number of aliphatic imine (C=N–C) groups is 1. The molecule has 190 valence electrons. The first-order chi connectivity index (χ1) is 16.8. The second-order valence-electron chi connectivity index (χ2n) is 7.33. The molecule has 0 atom stereocenters. The fourth-order valence-corrected chi connectivity index (χ4v) is 4.02. The summed E-state index contributed by atoms with van der Waals surface area (Å²) < 4.78 is 54.1. The van der Waals surface area contributed by atoms with E-state index in [9.17, 15) is 37.1 Å². The van der Waals surface area contributed by atoms with E-state index in [1.54, 1.807) is 0 Å². The Morgan fingerprint density at radius 1 is 1.11 bits per heavy atom. The van der Waals surface area contributed by atoms with Crippen molar-refractivity contribution in [2.45, 2.75) is 6.18 Å². The van der Waals surface area contributed by atoms with E-state index in [0.717, 1.165) is 27.3 Å². The highest BCUT2D eigenvalue weighted by Crippen LogP contribution is 2.36. The molecule has 0 aliphatic heterocycles. The largest absolute Gasteiger partial charge is 0.494 e. The molecule has 0 saturated heterocycles. The summed E-state index contributed by atoms with van der Waals surface area (Å²) in [6.45, 7) is 0. The van der Waals surface area contributed by atoms with Gasteiger partial charge in [0.05, 0.1) is 22.0 Å². The lowest BCUT2D eigenvalue weighted by molar-refractivity contribution is -0.137. The topological polar surface area (TPSA) is 106 Å². The Kier molecular flexibility index (Phi) is 7.94. The third kappa shape index (κ3) is 5.97. The highest BCUT2D eigenvalue weighted by Gasteiger charge is 2.33. The molecule has 1 heterocycles. The number of thioether (sulfide) groups is 1. The molecule has 3 aromatic rings. The Morgan fingerprint density at radius 2 is 1.75 bits per heavy atom. The van der Waals surface area contributed by atoms with Crippen LogP contribution in [0.4, 0.5) is 28.9 Å². The summed E-state index contributed by atoms with van der Waals surface area (Å²) in [6.07, 6.45) is -4.73. The quantitative estimate of drug-likeness (QED) is 0.286. The molecule has 3 rings (SSSR count). The molecule has 0 saturated carbocycles. The van der Waals surface area contributed by atoms with Crippen molar-refractivity contribution in [1.29, 1.82) is 0 Å². The number of nitrogens with zero attached hydrogens (tertiary/aromatic N) is 3. The van der Waals surface area contributed by atoms with Crippen LogP contribution in [0.3, 0.4) is 0 Å². The van der Waals surface area contributed by atoms with E-state index in [0.29, 0.717) is 17.8 Å². The maximum Gasteiger partial charge on any atom is 0.417 e. The van der Waals surface area contributed by atoms with Gasteiger partial charge in [0, 0.05) is 19.8 Å². The van der Waals surface area contributed by atoms with Gasteiger partial charge in [-0.3, -0.25) is 18.7 Å². The van der Waals surface area contributed by atoms with Crippen LogP contribution in [0.25, 0.3) is 0 Å². The Balaban J connectivity index is 1.95. The van der Waals surface area contributed by atoms with Gasteiger partial charge in [-0.15, -0.1) is 0 Å². The standard InChI is InChI=1S/C22H17ClF4N4O4S/c1-30-19(33)17(20(34)31(2)21(30)35)18(29-12-5-3-11(24)4-6-12)36-10-16(32)28-13-7-8-15(23)14(9-13)22(25,26)27/h3-9,33H,10H2,1-2H3,(H,28,32). The number of aromatic hydroxyl groups is 1. The van der Waals surface area contributed by atoms with Crippen molar-refractivity contribution >= 4 is 45.7 Å². The number of carbonyl (C=O) groups is 1. The maximum atomic E-state index is 13.3. The van der Waals surface area contributed by atoms with E-state index in [1.165, 1.54) is 32.3 Å². The second-order valence-corrected chi connectivity index (χ2v) is 8.70. The number of rotatable bonds is 5. The van der Waals surface area contributed by atoms with E-state index in [1.807, 2.05) is 0 Å². The van der Waals surface area contributed by atoms with Crippen molar-refractivity contribution in [1.82, 2.24) is 9.13 Å². The predicted molar refractivity (Wildman–Crippen MR) is 129 cm³/mol. The van der Waals surface area contributed by atoms with Crippen molar-refractivity contribution < 1.29 is 27.5 Å². The van der Waals surface area contributed by atoms with Gasteiger partial charge in [-0.25, -0.2) is 14.2 Å². The molecule has 0 spiro atoms. The number of halogens is 5. The van der Waals surface area contributed by atoms with E-state index in [-0.39, 0.29) is 16.4 Å². The third-order valence-corrected chi connectivity index (χ3v) is 6.11. The van der Waals surface area contributed by atoms with E-state index in [2.05, 4.69) is 10.3 Å². The molecule has 8 nitrogen and oxygen atoms in total. The molecule has 0 fully saturated rings. The summed E-state index contributed by atoms with van der Waals surface area (Å²) in [7, 11) is 2.39. The summed E-state index contributed by atoms with van der Waals surface area (Å²) in [6, 6.07) is 7.62. The van der Waals surface area contributed by atoms with Crippen LogP contribution in [0.2, 0.25) is 5.02 Å².